The third-order valence-electron chi connectivity index (χ3n) is 3.99. The summed E-state index contributed by atoms with van der Waals surface area (Å²) in [6, 6.07) is 3.89. The van der Waals surface area contributed by atoms with Gasteiger partial charge in [-0.2, -0.15) is 0 Å². The SMILES string of the molecule is Clc1ccc(Cl)c2nc3c(nc12)OCC1CCCCN31. The molecule has 1 atom stereocenters. The number of nitrogens with zero attached hydrogens (tertiary/aromatic N) is 3. The second-order valence-electron chi connectivity index (χ2n) is 5.23. The minimum absolute atomic E-state index is 0.404. The molecule has 1 saturated heterocycles. The average Bonchev–Trinajstić information content (AvgIpc) is 2.50. The van der Waals surface area contributed by atoms with E-state index >= 15 is 0 Å². The van der Waals surface area contributed by atoms with E-state index in [-0.39, 0.29) is 0 Å². The lowest BCUT2D eigenvalue weighted by Gasteiger charge is -2.40. The first-order valence-electron chi connectivity index (χ1n) is 6.79. The van der Waals surface area contributed by atoms with E-state index in [9.17, 15) is 0 Å². The summed E-state index contributed by atoms with van der Waals surface area (Å²) in [6.45, 7) is 1.67. The number of rotatable bonds is 0. The van der Waals surface area contributed by atoms with Gasteiger partial charge in [-0.25, -0.2) is 9.97 Å². The van der Waals surface area contributed by atoms with Crippen LogP contribution in [0.2, 0.25) is 10.0 Å². The first kappa shape index (κ1) is 12.5. The minimum atomic E-state index is 0.404. The van der Waals surface area contributed by atoms with E-state index in [1.807, 2.05) is 0 Å². The van der Waals surface area contributed by atoms with E-state index in [1.165, 1.54) is 12.8 Å². The van der Waals surface area contributed by atoms with Crippen molar-refractivity contribution in [3.8, 4) is 5.88 Å². The lowest BCUT2D eigenvalue weighted by atomic mass is 10.0. The number of hydrogen-bond donors (Lipinski definition) is 0. The molecule has 0 saturated carbocycles. The zero-order chi connectivity index (χ0) is 13.7. The fourth-order valence-electron chi connectivity index (χ4n) is 2.96. The Hall–Kier alpha value is -1.26. The highest BCUT2D eigenvalue weighted by Gasteiger charge is 2.32. The summed E-state index contributed by atoms with van der Waals surface area (Å²) in [4.78, 5) is 11.5. The Morgan fingerprint density at radius 1 is 1.10 bits per heavy atom. The maximum Gasteiger partial charge on any atom is 0.258 e. The quantitative estimate of drug-likeness (QED) is 0.744. The lowest BCUT2D eigenvalue weighted by Crippen LogP contribution is -2.46. The van der Waals surface area contributed by atoms with Gasteiger partial charge in [-0.05, 0) is 31.4 Å². The highest BCUT2D eigenvalue weighted by Crippen LogP contribution is 2.38. The van der Waals surface area contributed by atoms with Crippen LogP contribution in [0.4, 0.5) is 5.82 Å². The number of hydrogen-bond acceptors (Lipinski definition) is 4. The van der Waals surface area contributed by atoms with Crippen molar-refractivity contribution in [1.82, 2.24) is 9.97 Å². The van der Waals surface area contributed by atoms with Gasteiger partial charge in [0.2, 0.25) is 0 Å². The van der Waals surface area contributed by atoms with Crippen molar-refractivity contribution in [2.75, 3.05) is 18.1 Å². The number of halogens is 2. The highest BCUT2D eigenvalue weighted by atomic mass is 35.5. The van der Waals surface area contributed by atoms with Crippen molar-refractivity contribution in [2.45, 2.75) is 25.3 Å². The van der Waals surface area contributed by atoms with Crippen molar-refractivity contribution in [3.05, 3.63) is 22.2 Å². The molecule has 4 rings (SSSR count). The number of fused-ring (bicyclic) bond motifs is 4. The van der Waals surface area contributed by atoms with E-state index < -0.39 is 0 Å². The number of benzene rings is 1. The molecular formula is C14H13Cl2N3O. The molecule has 1 aromatic carbocycles. The van der Waals surface area contributed by atoms with Gasteiger partial charge in [-0.3, -0.25) is 0 Å². The molecule has 1 fully saturated rings. The van der Waals surface area contributed by atoms with Gasteiger partial charge in [0, 0.05) is 6.54 Å². The third kappa shape index (κ3) is 1.82. The molecule has 20 heavy (non-hydrogen) atoms. The molecule has 0 N–H and O–H groups in total. The third-order valence-corrected chi connectivity index (χ3v) is 4.60. The standard InChI is InChI=1S/C14H13Cl2N3O/c15-9-4-5-10(16)12-11(9)17-13-14(18-12)20-7-8-3-1-2-6-19(8)13/h4-5,8H,1-3,6-7H2. The first-order chi connectivity index (χ1) is 9.74. The predicted molar refractivity (Wildman–Crippen MR) is 80.0 cm³/mol. The van der Waals surface area contributed by atoms with Crippen LogP contribution in [0.5, 0.6) is 5.88 Å². The first-order valence-corrected chi connectivity index (χ1v) is 7.55. The van der Waals surface area contributed by atoms with Crippen LogP contribution in [0.15, 0.2) is 12.1 Å². The lowest BCUT2D eigenvalue weighted by molar-refractivity contribution is 0.230. The van der Waals surface area contributed by atoms with Crippen LogP contribution in [-0.2, 0) is 0 Å². The molecule has 104 valence electrons. The van der Waals surface area contributed by atoms with Gasteiger partial charge < -0.3 is 9.64 Å². The van der Waals surface area contributed by atoms with E-state index in [4.69, 9.17) is 27.9 Å². The Labute approximate surface area is 126 Å². The smallest absolute Gasteiger partial charge is 0.258 e. The normalized spacial score (nSPS) is 21.3. The van der Waals surface area contributed by atoms with Crippen LogP contribution in [0.3, 0.4) is 0 Å². The summed E-state index contributed by atoms with van der Waals surface area (Å²) in [5.41, 5.74) is 1.25. The van der Waals surface area contributed by atoms with Crippen LogP contribution in [-0.4, -0.2) is 29.2 Å². The van der Waals surface area contributed by atoms with Crippen LogP contribution >= 0.6 is 23.2 Å². The summed E-state index contributed by atoms with van der Waals surface area (Å²) in [6.07, 6.45) is 3.56. The molecule has 0 bridgehead atoms. The van der Waals surface area contributed by atoms with Gasteiger partial charge in [0.25, 0.3) is 5.88 Å². The van der Waals surface area contributed by atoms with Crippen LogP contribution in [0, 0.1) is 0 Å². The summed E-state index contributed by atoms with van der Waals surface area (Å²) in [7, 11) is 0. The van der Waals surface area contributed by atoms with Crippen LogP contribution in [0.25, 0.3) is 11.0 Å². The number of ether oxygens (including phenoxy) is 1. The van der Waals surface area contributed by atoms with Gasteiger partial charge in [0.1, 0.15) is 17.6 Å². The van der Waals surface area contributed by atoms with Crippen molar-refractivity contribution in [1.29, 1.82) is 0 Å². The Morgan fingerprint density at radius 3 is 2.65 bits per heavy atom. The van der Waals surface area contributed by atoms with Gasteiger partial charge in [-0.15, -0.1) is 0 Å². The largest absolute Gasteiger partial charge is 0.473 e. The van der Waals surface area contributed by atoms with E-state index in [0.29, 0.717) is 39.6 Å². The average molecular weight is 310 g/mol. The molecule has 4 nitrogen and oxygen atoms in total. The molecule has 3 heterocycles. The number of anilines is 1. The summed E-state index contributed by atoms with van der Waals surface area (Å²) < 4.78 is 5.78. The highest BCUT2D eigenvalue weighted by molar-refractivity contribution is 6.39. The van der Waals surface area contributed by atoms with Gasteiger partial charge in [-0.1, -0.05) is 23.2 Å². The molecule has 0 aliphatic carbocycles. The molecule has 2 aromatic rings. The fourth-order valence-corrected chi connectivity index (χ4v) is 3.35. The molecule has 2 aliphatic heterocycles. The van der Waals surface area contributed by atoms with Crippen molar-refractivity contribution in [2.24, 2.45) is 0 Å². The summed E-state index contributed by atoms with van der Waals surface area (Å²) in [5.74, 6) is 1.37. The zero-order valence-corrected chi connectivity index (χ0v) is 12.3. The van der Waals surface area contributed by atoms with Gasteiger partial charge >= 0.3 is 0 Å². The Kier molecular flexibility index (Phi) is 2.89. The zero-order valence-electron chi connectivity index (χ0n) is 10.8. The topological polar surface area (TPSA) is 38.3 Å². The Morgan fingerprint density at radius 2 is 1.85 bits per heavy atom. The van der Waals surface area contributed by atoms with E-state index in [2.05, 4.69) is 14.9 Å². The Bertz CT molecular complexity index is 692. The molecule has 6 heteroatoms. The van der Waals surface area contributed by atoms with Crippen LogP contribution < -0.4 is 9.64 Å². The molecule has 1 unspecified atom stereocenters. The molecule has 0 radical (unpaired) electrons. The number of piperidine rings is 1. The maximum atomic E-state index is 6.23. The van der Waals surface area contributed by atoms with E-state index in [1.54, 1.807) is 12.1 Å². The second kappa shape index (κ2) is 4.64. The summed E-state index contributed by atoms with van der Waals surface area (Å²) >= 11 is 12.4. The molecule has 2 aliphatic rings. The molecule has 0 spiro atoms. The van der Waals surface area contributed by atoms with Gasteiger partial charge in [0.05, 0.1) is 16.1 Å². The maximum absolute atomic E-state index is 6.23. The second-order valence-corrected chi connectivity index (χ2v) is 6.05. The van der Waals surface area contributed by atoms with Gasteiger partial charge in [0.15, 0.2) is 5.82 Å². The van der Waals surface area contributed by atoms with Crippen LogP contribution in [0.1, 0.15) is 19.3 Å². The molecule has 1 aromatic heterocycles. The fraction of sp³-hybridized carbons (Fsp3) is 0.429. The minimum Gasteiger partial charge on any atom is -0.473 e. The number of aromatic nitrogens is 2. The van der Waals surface area contributed by atoms with Crippen molar-refractivity contribution < 1.29 is 4.74 Å². The van der Waals surface area contributed by atoms with E-state index in [0.717, 1.165) is 18.8 Å². The Balaban J connectivity index is 1.93. The predicted octanol–water partition coefficient (Wildman–Crippen LogP) is 3.69. The van der Waals surface area contributed by atoms with Crippen molar-refractivity contribution in [3.63, 3.8) is 0 Å². The molecular weight excluding hydrogens is 297 g/mol. The van der Waals surface area contributed by atoms with Crippen molar-refractivity contribution >= 4 is 40.1 Å². The molecule has 0 amide bonds. The monoisotopic (exact) mass is 309 g/mol. The summed E-state index contributed by atoms with van der Waals surface area (Å²) in [5, 5.41) is 1.11.